The predicted octanol–water partition coefficient (Wildman–Crippen LogP) is 2.65. The molecule has 0 spiro atoms. The van der Waals surface area contributed by atoms with Crippen LogP contribution in [0.2, 0.25) is 0 Å². The molecule has 0 saturated heterocycles. The van der Waals surface area contributed by atoms with Gasteiger partial charge in [-0.1, -0.05) is 18.2 Å². The minimum absolute atomic E-state index is 0.185. The summed E-state index contributed by atoms with van der Waals surface area (Å²) in [5, 5.41) is 10.9. The topological polar surface area (TPSA) is 69.2 Å². The highest BCUT2D eigenvalue weighted by molar-refractivity contribution is 5.40. The van der Waals surface area contributed by atoms with Crippen molar-refractivity contribution in [2.45, 2.75) is 38.6 Å². The third-order valence-corrected chi connectivity index (χ3v) is 3.94. The Morgan fingerprint density at radius 1 is 1.47 bits per heavy atom. The Hall–Kier alpha value is -1.42. The molecule has 2 rings (SSSR count). The second kappa shape index (κ2) is 4.45. The predicted molar refractivity (Wildman–Crippen MR) is 66.7 cm³/mol. The Kier molecular flexibility index (Phi) is 3.15. The van der Waals surface area contributed by atoms with E-state index < -0.39 is 0 Å². The summed E-state index contributed by atoms with van der Waals surface area (Å²) >= 11 is 0. The lowest BCUT2D eigenvalue weighted by atomic mass is 9.90. The van der Waals surface area contributed by atoms with Crippen LogP contribution in [-0.4, -0.2) is 11.0 Å². The van der Waals surface area contributed by atoms with Gasteiger partial charge in [-0.05, 0) is 38.0 Å². The summed E-state index contributed by atoms with van der Waals surface area (Å²) in [6.07, 6.45) is 4.02. The molecule has 4 heteroatoms. The summed E-state index contributed by atoms with van der Waals surface area (Å²) in [6.45, 7) is 2.03. The van der Waals surface area contributed by atoms with E-state index >= 15 is 0 Å². The molecule has 1 fully saturated rings. The van der Waals surface area contributed by atoms with Gasteiger partial charge in [-0.3, -0.25) is 10.1 Å². The smallest absolute Gasteiger partial charge is 0.272 e. The first-order valence-corrected chi connectivity index (χ1v) is 6.03. The molecule has 92 valence electrons. The van der Waals surface area contributed by atoms with Crippen LogP contribution in [-0.2, 0) is 6.42 Å². The summed E-state index contributed by atoms with van der Waals surface area (Å²) in [5.41, 5.74) is 7.25. The highest BCUT2D eigenvalue weighted by atomic mass is 16.6. The standard InChI is InChI=1S/C13H18N2O2/c1-10(14)13(8-9-13)7-6-11-4-2-3-5-12(11)15(16)17/h2-5,10H,6-9,14H2,1H3. The molecule has 0 amide bonds. The number of rotatable bonds is 5. The molecule has 0 radical (unpaired) electrons. The third-order valence-electron chi connectivity index (χ3n) is 3.94. The maximum atomic E-state index is 10.9. The van der Waals surface area contributed by atoms with Crippen molar-refractivity contribution < 1.29 is 4.92 Å². The van der Waals surface area contributed by atoms with E-state index in [4.69, 9.17) is 5.73 Å². The van der Waals surface area contributed by atoms with Crippen molar-refractivity contribution in [2.75, 3.05) is 0 Å². The van der Waals surface area contributed by atoms with Gasteiger partial charge in [0.15, 0.2) is 0 Å². The van der Waals surface area contributed by atoms with E-state index in [0.29, 0.717) is 0 Å². The van der Waals surface area contributed by atoms with Crippen LogP contribution in [0.5, 0.6) is 0 Å². The number of hydrogen-bond donors (Lipinski definition) is 1. The number of benzene rings is 1. The molecule has 1 aliphatic carbocycles. The molecule has 17 heavy (non-hydrogen) atoms. The number of aryl methyl sites for hydroxylation is 1. The van der Waals surface area contributed by atoms with E-state index in [0.717, 1.165) is 31.2 Å². The van der Waals surface area contributed by atoms with Gasteiger partial charge in [-0.15, -0.1) is 0 Å². The lowest BCUT2D eigenvalue weighted by Crippen LogP contribution is -2.28. The Bertz CT molecular complexity index is 425. The van der Waals surface area contributed by atoms with Crippen LogP contribution in [0.3, 0.4) is 0 Å². The fourth-order valence-electron chi connectivity index (χ4n) is 2.38. The number of nitro groups is 1. The van der Waals surface area contributed by atoms with E-state index in [-0.39, 0.29) is 22.1 Å². The maximum absolute atomic E-state index is 10.9. The molecular formula is C13H18N2O2. The van der Waals surface area contributed by atoms with Crippen LogP contribution in [0.15, 0.2) is 24.3 Å². The zero-order valence-corrected chi connectivity index (χ0v) is 10.1. The van der Waals surface area contributed by atoms with E-state index in [1.165, 1.54) is 0 Å². The average molecular weight is 234 g/mol. The highest BCUT2D eigenvalue weighted by Crippen LogP contribution is 2.51. The fourth-order valence-corrected chi connectivity index (χ4v) is 2.38. The quantitative estimate of drug-likeness (QED) is 0.629. The Morgan fingerprint density at radius 3 is 2.65 bits per heavy atom. The van der Waals surface area contributed by atoms with Gasteiger partial charge in [0.25, 0.3) is 5.69 Å². The van der Waals surface area contributed by atoms with Crippen LogP contribution >= 0.6 is 0 Å². The van der Waals surface area contributed by atoms with Crippen LogP contribution in [0.4, 0.5) is 5.69 Å². The molecule has 1 unspecified atom stereocenters. The molecule has 0 aliphatic heterocycles. The van der Waals surface area contributed by atoms with Gasteiger partial charge in [0.05, 0.1) is 4.92 Å². The van der Waals surface area contributed by atoms with E-state index in [2.05, 4.69) is 0 Å². The largest absolute Gasteiger partial charge is 0.327 e. The van der Waals surface area contributed by atoms with Crippen molar-refractivity contribution in [3.8, 4) is 0 Å². The zero-order valence-electron chi connectivity index (χ0n) is 10.1. The molecular weight excluding hydrogens is 216 g/mol. The average Bonchev–Trinajstić information content (AvgIpc) is 3.07. The van der Waals surface area contributed by atoms with Crippen LogP contribution < -0.4 is 5.73 Å². The number of nitrogens with zero attached hydrogens (tertiary/aromatic N) is 1. The van der Waals surface area contributed by atoms with Gasteiger partial charge in [0, 0.05) is 17.7 Å². The molecule has 1 aromatic rings. The monoisotopic (exact) mass is 234 g/mol. The van der Waals surface area contributed by atoms with Crippen molar-refractivity contribution in [1.29, 1.82) is 0 Å². The molecule has 1 saturated carbocycles. The van der Waals surface area contributed by atoms with Crippen molar-refractivity contribution >= 4 is 5.69 Å². The maximum Gasteiger partial charge on any atom is 0.272 e. The summed E-state index contributed by atoms with van der Waals surface area (Å²) in [6, 6.07) is 7.16. The Morgan fingerprint density at radius 2 is 2.12 bits per heavy atom. The van der Waals surface area contributed by atoms with Gasteiger partial charge in [-0.25, -0.2) is 0 Å². The van der Waals surface area contributed by atoms with Gasteiger partial charge in [0.1, 0.15) is 0 Å². The normalized spacial score (nSPS) is 18.7. The van der Waals surface area contributed by atoms with Gasteiger partial charge in [-0.2, -0.15) is 0 Å². The van der Waals surface area contributed by atoms with Crippen molar-refractivity contribution in [3.05, 3.63) is 39.9 Å². The number of hydrogen-bond acceptors (Lipinski definition) is 3. The number of nitrogens with two attached hydrogens (primary N) is 1. The summed E-state index contributed by atoms with van der Waals surface area (Å²) in [7, 11) is 0. The Balaban J connectivity index is 2.07. The highest BCUT2D eigenvalue weighted by Gasteiger charge is 2.45. The second-order valence-electron chi connectivity index (χ2n) is 5.04. The Labute approximate surface area is 101 Å². The van der Waals surface area contributed by atoms with Gasteiger partial charge < -0.3 is 5.73 Å². The molecule has 1 aromatic carbocycles. The molecule has 2 N–H and O–H groups in total. The third kappa shape index (κ3) is 2.47. The lowest BCUT2D eigenvalue weighted by Gasteiger charge is -2.19. The van der Waals surface area contributed by atoms with Crippen LogP contribution in [0.25, 0.3) is 0 Å². The van der Waals surface area contributed by atoms with Gasteiger partial charge >= 0.3 is 0 Å². The first-order valence-electron chi connectivity index (χ1n) is 6.03. The lowest BCUT2D eigenvalue weighted by molar-refractivity contribution is -0.385. The van der Waals surface area contributed by atoms with Crippen molar-refractivity contribution in [1.82, 2.24) is 0 Å². The summed E-state index contributed by atoms with van der Waals surface area (Å²) < 4.78 is 0. The molecule has 1 aliphatic rings. The second-order valence-corrected chi connectivity index (χ2v) is 5.04. The van der Waals surface area contributed by atoms with E-state index in [1.807, 2.05) is 19.1 Å². The number of nitro benzene ring substituents is 1. The van der Waals surface area contributed by atoms with Crippen molar-refractivity contribution in [3.63, 3.8) is 0 Å². The zero-order chi connectivity index (χ0) is 12.5. The SMILES string of the molecule is CC(N)C1(CCc2ccccc2[N+](=O)[O-])CC1. The first-order chi connectivity index (χ1) is 8.05. The summed E-state index contributed by atoms with van der Waals surface area (Å²) in [5.74, 6) is 0. The van der Waals surface area contributed by atoms with Gasteiger partial charge in [0.2, 0.25) is 0 Å². The molecule has 0 bridgehead atoms. The fraction of sp³-hybridized carbons (Fsp3) is 0.538. The minimum atomic E-state index is -0.305. The molecule has 0 heterocycles. The summed E-state index contributed by atoms with van der Waals surface area (Å²) in [4.78, 5) is 10.6. The first kappa shape index (κ1) is 12.0. The number of para-hydroxylation sites is 1. The molecule has 4 nitrogen and oxygen atoms in total. The van der Waals surface area contributed by atoms with E-state index in [1.54, 1.807) is 12.1 Å². The van der Waals surface area contributed by atoms with Crippen molar-refractivity contribution in [2.24, 2.45) is 11.1 Å². The minimum Gasteiger partial charge on any atom is -0.327 e. The van der Waals surface area contributed by atoms with E-state index in [9.17, 15) is 10.1 Å². The molecule has 0 aromatic heterocycles. The molecule has 1 atom stereocenters. The van der Waals surface area contributed by atoms with Crippen LogP contribution in [0, 0.1) is 15.5 Å². The van der Waals surface area contributed by atoms with Crippen LogP contribution in [0.1, 0.15) is 31.7 Å².